The van der Waals surface area contributed by atoms with E-state index in [1.807, 2.05) is 0 Å². The molecule has 1 aliphatic heterocycles. The third-order valence-corrected chi connectivity index (χ3v) is 8.21. The standard InChI is InChI=1S/C25H22I2N2O6S/c1-5-35-24(32)20-12(2)28-25-29(21(20)15-11-14(33-3)6-7-18(15)34-4)23(31)19(36-25)10-13-8-16(26)22(30)17(27)9-13/h6-11,21,30H,5H2,1-4H3/b19-10-/t21-/m0/s1. The number of aromatic nitrogens is 1. The third kappa shape index (κ3) is 4.92. The Bertz CT molecular complexity index is 1550. The van der Waals surface area contributed by atoms with E-state index in [9.17, 15) is 14.7 Å². The largest absolute Gasteiger partial charge is 0.506 e. The molecule has 0 amide bonds. The molecule has 0 unspecified atom stereocenters. The summed E-state index contributed by atoms with van der Waals surface area (Å²) in [4.78, 5) is 32.0. The van der Waals surface area contributed by atoms with E-state index in [0.717, 1.165) is 5.56 Å². The van der Waals surface area contributed by atoms with Gasteiger partial charge in [0.15, 0.2) is 4.80 Å². The molecule has 4 rings (SSSR count). The highest BCUT2D eigenvalue weighted by molar-refractivity contribution is 14.1. The second kappa shape index (κ2) is 10.9. The lowest BCUT2D eigenvalue weighted by molar-refractivity contribution is -0.139. The molecule has 2 heterocycles. The number of fused-ring (bicyclic) bond motifs is 1. The maximum Gasteiger partial charge on any atom is 0.338 e. The van der Waals surface area contributed by atoms with Crippen LogP contribution in [0.2, 0.25) is 0 Å². The van der Waals surface area contributed by atoms with Gasteiger partial charge in [-0.3, -0.25) is 9.36 Å². The Morgan fingerprint density at radius 2 is 1.89 bits per heavy atom. The Balaban J connectivity index is 2.02. The first-order chi connectivity index (χ1) is 17.2. The van der Waals surface area contributed by atoms with Crippen LogP contribution in [0.4, 0.5) is 0 Å². The predicted molar refractivity (Wildman–Crippen MR) is 153 cm³/mol. The second-order valence-electron chi connectivity index (χ2n) is 7.74. The van der Waals surface area contributed by atoms with Crippen molar-refractivity contribution in [1.82, 2.24) is 4.57 Å². The molecule has 8 nitrogen and oxygen atoms in total. The zero-order valence-corrected chi connectivity index (χ0v) is 24.9. The van der Waals surface area contributed by atoms with E-state index >= 15 is 0 Å². The normalized spacial score (nSPS) is 15.4. The number of phenols is 1. The van der Waals surface area contributed by atoms with Gasteiger partial charge >= 0.3 is 5.97 Å². The molecule has 0 spiro atoms. The predicted octanol–water partition coefficient (Wildman–Crippen LogP) is 3.73. The monoisotopic (exact) mass is 732 g/mol. The van der Waals surface area contributed by atoms with E-state index < -0.39 is 12.0 Å². The van der Waals surface area contributed by atoms with Gasteiger partial charge in [0, 0.05) is 5.56 Å². The zero-order chi connectivity index (χ0) is 26.1. The number of phenolic OH excluding ortho intramolecular Hbond substituents is 1. The topological polar surface area (TPSA) is 99.4 Å². The maximum absolute atomic E-state index is 13.8. The number of carbonyl (C=O) groups is 1. The number of esters is 1. The molecular weight excluding hydrogens is 710 g/mol. The summed E-state index contributed by atoms with van der Waals surface area (Å²) in [6.07, 6.45) is 1.76. The van der Waals surface area contributed by atoms with Crippen LogP contribution in [0.1, 0.15) is 31.0 Å². The molecule has 0 fully saturated rings. The summed E-state index contributed by atoms with van der Waals surface area (Å²) in [7, 11) is 3.08. The van der Waals surface area contributed by atoms with Gasteiger partial charge in [-0.2, -0.15) is 0 Å². The van der Waals surface area contributed by atoms with Crippen molar-refractivity contribution in [2.45, 2.75) is 19.9 Å². The summed E-state index contributed by atoms with van der Waals surface area (Å²) >= 11 is 5.33. The molecule has 0 bridgehead atoms. The summed E-state index contributed by atoms with van der Waals surface area (Å²) in [5, 5.41) is 10.1. The first-order valence-electron chi connectivity index (χ1n) is 10.8. The van der Waals surface area contributed by atoms with Crippen molar-refractivity contribution in [3.63, 3.8) is 0 Å². The van der Waals surface area contributed by atoms with Crippen LogP contribution in [-0.2, 0) is 9.53 Å². The van der Waals surface area contributed by atoms with Crippen molar-refractivity contribution in [1.29, 1.82) is 0 Å². The number of allylic oxidation sites excluding steroid dienone is 1. The van der Waals surface area contributed by atoms with Crippen LogP contribution in [0.3, 0.4) is 0 Å². The molecule has 1 atom stereocenters. The number of nitrogens with zero attached hydrogens (tertiary/aromatic N) is 2. The molecule has 1 aliphatic rings. The van der Waals surface area contributed by atoms with Crippen molar-refractivity contribution in [2.24, 2.45) is 4.99 Å². The lowest BCUT2D eigenvalue weighted by Gasteiger charge is -2.26. The third-order valence-electron chi connectivity index (χ3n) is 5.59. The minimum absolute atomic E-state index is 0.181. The molecule has 3 aromatic rings. The van der Waals surface area contributed by atoms with E-state index in [-0.39, 0.29) is 23.5 Å². The Morgan fingerprint density at radius 1 is 1.19 bits per heavy atom. The van der Waals surface area contributed by atoms with Crippen LogP contribution < -0.4 is 24.4 Å². The van der Waals surface area contributed by atoms with E-state index in [1.54, 1.807) is 57.4 Å². The molecule has 0 radical (unpaired) electrons. The van der Waals surface area contributed by atoms with Crippen molar-refractivity contribution >= 4 is 68.6 Å². The molecule has 188 valence electrons. The van der Waals surface area contributed by atoms with Gasteiger partial charge in [0.1, 0.15) is 23.3 Å². The molecular formula is C25H22I2N2O6S. The molecule has 0 saturated carbocycles. The highest BCUT2D eigenvalue weighted by atomic mass is 127. The number of carbonyl (C=O) groups excluding carboxylic acids is 1. The molecule has 1 N–H and O–H groups in total. The summed E-state index contributed by atoms with van der Waals surface area (Å²) in [5.74, 6) is 0.703. The fourth-order valence-electron chi connectivity index (χ4n) is 3.96. The lowest BCUT2D eigenvalue weighted by Crippen LogP contribution is -2.40. The number of thiazole rings is 1. The van der Waals surface area contributed by atoms with Crippen molar-refractivity contribution in [3.8, 4) is 17.2 Å². The number of benzene rings is 2. The van der Waals surface area contributed by atoms with Crippen molar-refractivity contribution < 1.29 is 24.1 Å². The van der Waals surface area contributed by atoms with Crippen LogP contribution in [0, 0.1) is 7.14 Å². The Morgan fingerprint density at radius 3 is 2.50 bits per heavy atom. The van der Waals surface area contributed by atoms with Gasteiger partial charge in [-0.05, 0) is 101 Å². The van der Waals surface area contributed by atoms with E-state index in [0.29, 0.717) is 39.2 Å². The van der Waals surface area contributed by atoms with Gasteiger partial charge in [0.2, 0.25) is 0 Å². The number of ether oxygens (including phenoxy) is 3. The van der Waals surface area contributed by atoms with Crippen LogP contribution in [0.15, 0.2) is 51.4 Å². The summed E-state index contributed by atoms with van der Waals surface area (Å²) in [6, 6.07) is 8.02. The van der Waals surface area contributed by atoms with Gasteiger partial charge in [0.05, 0.1) is 43.8 Å². The average molecular weight is 732 g/mol. The highest BCUT2D eigenvalue weighted by Crippen LogP contribution is 2.38. The Hall–Kier alpha value is -2.39. The van der Waals surface area contributed by atoms with Crippen LogP contribution in [0.5, 0.6) is 17.2 Å². The first-order valence-corrected chi connectivity index (χ1v) is 13.8. The minimum Gasteiger partial charge on any atom is -0.506 e. The summed E-state index contributed by atoms with van der Waals surface area (Å²) < 4.78 is 19.7. The van der Waals surface area contributed by atoms with Gasteiger partial charge in [-0.1, -0.05) is 11.3 Å². The van der Waals surface area contributed by atoms with Gasteiger partial charge in [-0.25, -0.2) is 9.79 Å². The lowest BCUT2D eigenvalue weighted by atomic mass is 9.94. The zero-order valence-electron chi connectivity index (χ0n) is 19.8. The molecule has 1 aromatic heterocycles. The summed E-state index contributed by atoms with van der Waals surface area (Å²) in [6.45, 7) is 3.64. The molecule has 36 heavy (non-hydrogen) atoms. The van der Waals surface area contributed by atoms with Gasteiger partial charge < -0.3 is 19.3 Å². The first kappa shape index (κ1) is 26.7. The van der Waals surface area contributed by atoms with Crippen molar-refractivity contribution in [3.05, 3.63) is 79.6 Å². The molecule has 0 aliphatic carbocycles. The molecule has 11 heteroatoms. The minimum atomic E-state index is -0.826. The number of hydrogen-bond donors (Lipinski definition) is 1. The highest BCUT2D eigenvalue weighted by Gasteiger charge is 2.35. The quantitative estimate of drug-likeness (QED) is 0.307. The number of hydrogen-bond acceptors (Lipinski definition) is 8. The van der Waals surface area contributed by atoms with Gasteiger partial charge in [0.25, 0.3) is 5.56 Å². The smallest absolute Gasteiger partial charge is 0.338 e. The Labute approximate surface area is 238 Å². The fraction of sp³-hybridized carbons (Fsp3) is 0.240. The van der Waals surface area contributed by atoms with E-state index in [1.165, 1.54) is 23.0 Å². The van der Waals surface area contributed by atoms with Gasteiger partial charge in [-0.15, -0.1) is 0 Å². The maximum atomic E-state index is 13.8. The average Bonchev–Trinajstić information content (AvgIpc) is 3.15. The number of methoxy groups -OCH3 is 2. The molecule has 0 saturated heterocycles. The fourth-order valence-corrected chi connectivity index (χ4v) is 6.82. The molecule has 2 aromatic carbocycles. The van der Waals surface area contributed by atoms with E-state index in [2.05, 4.69) is 50.2 Å². The summed E-state index contributed by atoms with van der Waals surface area (Å²) in [5.41, 5.74) is 1.77. The number of aromatic hydroxyl groups is 1. The van der Waals surface area contributed by atoms with Crippen LogP contribution in [0.25, 0.3) is 6.08 Å². The SMILES string of the molecule is CCOC(=O)C1=C(C)N=c2s/c(=C\c3cc(I)c(O)c(I)c3)c(=O)n2[C@H]1c1cc(OC)ccc1OC. The Kier molecular flexibility index (Phi) is 8.09. The number of halogens is 2. The second-order valence-corrected chi connectivity index (χ2v) is 11.1. The van der Waals surface area contributed by atoms with Crippen LogP contribution >= 0.6 is 56.5 Å². The van der Waals surface area contributed by atoms with Crippen LogP contribution in [-0.4, -0.2) is 36.5 Å². The number of rotatable bonds is 6. The van der Waals surface area contributed by atoms with E-state index in [4.69, 9.17) is 14.2 Å². The van der Waals surface area contributed by atoms with Crippen molar-refractivity contribution in [2.75, 3.05) is 20.8 Å².